The third-order valence-electron chi connectivity index (χ3n) is 3.52. The van der Waals surface area contributed by atoms with Crippen LogP contribution in [0.4, 0.5) is 0 Å². The molecule has 2 nitrogen and oxygen atoms in total. The highest BCUT2D eigenvalue weighted by Gasteiger charge is 2.17. The van der Waals surface area contributed by atoms with Gasteiger partial charge in [-0.3, -0.25) is 5.84 Å². The minimum Gasteiger partial charge on any atom is -0.271 e. The van der Waals surface area contributed by atoms with Crippen molar-refractivity contribution in [2.45, 2.75) is 13.0 Å². The Labute approximate surface area is 127 Å². The summed E-state index contributed by atoms with van der Waals surface area (Å²) >= 11 is 7.96. The number of benzene rings is 2. The first kappa shape index (κ1) is 13.6. The molecule has 3 aromatic rings. The fraction of sp³-hybridized carbons (Fsp3) is 0.125. The molecular weight excluding hydrogens is 288 g/mol. The van der Waals surface area contributed by atoms with E-state index in [1.807, 2.05) is 25.1 Å². The monoisotopic (exact) mass is 302 g/mol. The topological polar surface area (TPSA) is 38.0 Å². The Balaban J connectivity index is 2.11. The van der Waals surface area contributed by atoms with Gasteiger partial charge in [0.1, 0.15) is 0 Å². The van der Waals surface area contributed by atoms with E-state index in [0.29, 0.717) is 0 Å². The van der Waals surface area contributed by atoms with Crippen LogP contribution in [0.2, 0.25) is 5.02 Å². The number of hydrogen-bond donors (Lipinski definition) is 2. The van der Waals surface area contributed by atoms with E-state index in [2.05, 4.69) is 35.1 Å². The number of aryl methyl sites for hydroxylation is 1. The van der Waals surface area contributed by atoms with Gasteiger partial charge in [-0.2, -0.15) is 0 Å². The number of hydrazine groups is 1. The number of thiophene rings is 1. The van der Waals surface area contributed by atoms with Crippen molar-refractivity contribution in [1.82, 2.24) is 5.43 Å². The third-order valence-corrected chi connectivity index (χ3v) is 4.91. The Bertz CT molecular complexity index is 751. The lowest BCUT2D eigenvalue weighted by Crippen LogP contribution is -2.28. The molecule has 0 saturated heterocycles. The minimum absolute atomic E-state index is 0.0516. The van der Waals surface area contributed by atoms with Crippen molar-refractivity contribution in [1.29, 1.82) is 0 Å². The van der Waals surface area contributed by atoms with Gasteiger partial charge in [0.05, 0.1) is 6.04 Å². The molecule has 0 amide bonds. The average Bonchev–Trinajstić information content (AvgIpc) is 2.88. The van der Waals surface area contributed by atoms with Gasteiger partial charge in [-0.15, -0.1) is 11.3 Å². The first-order chi connectivity index (χ1) is 9.70. The standard InChI is InChI=1S/C16H15ClN2S/c1-10-6-7-11(8-14(10)17)16(19-18)13-9-20-15-5-3-2-4-12(13)15/h2-9,16,19H,18H2,1H3. The largest absolute Gasteiger partial charge is 0.271 e. The Morgan fingerprint density at radius 2 is 2.00 bits per heavy atom. The van der Waals surface area contributed by atoms with Crippen molar-refractivity contribution in [3.63, 3.8) is 0 Å². The highest BCUT2D eigenvalue weighted by atomic mass is 35.5. The number of halogens is 1. The van der Waals surface area contributed by atoms with E-state index >= 15 is 0 Å². The first-order valence-corrected chi connectivity index (χ1v) is 7.65. The van der Waals surface area contributed by atoms with Gasteiger partial charge in [0.2, 0.25) is 0 Å². The Hall–Kier alpha value is -1.39. The van der Waals surface area contributed by atoms with Gasteiger partial charge in [0.25, 0.3) is 0 Å². The summed E-state index contributed by atoms with van der Waals surface area (Å²) < 4.78 is 1.26. The molecule has 3 rings (SSSR count). The summed E-state index contributed by atoms with van der Waals surface area (Å²) in [6, 6.07) is 14.4. The third kappa shape index (κ3) is 2.34. The highest BCUT2D eigenvalue weighted by Crippen LogP contribution is 2.34. The zero-order chi connectivity index (χ0) is 14.1. The van der Waals surface area contributed by atoms with E-state index in [0.717, 1.165) is 16.1 Å². The number of fused-ring (bicyclic) bond motifs is 1. The molecule has 3 N–H and O–H groups in total. The van der Waals surface area contributed by atoms with Gasteiger partial charge < -0.3 is 0 Å². The quantitative estimate of drug-likeness (QED) is 0.555. The van der Waals surface area contributed by atoms with Gasteiger partial charge in [0, 0.05) is 9.72 Å². The summed E-state index contributed by atoms with van der Waals surface area (Å²) in [4.78, 5) is 0. The number of hydrogen-bond acceptors (Lipinski definition) is 3. The summed E-state index contributed by atoms with van der Waals surface area (Å²) in [5, 5.41) is 4.16. The lowest BCUT2D eigenvalue weighted by Gasteiger charge is -2.17. The van der Waals surface area contributed by atoms with E-state index in [4.69, 9.17) is 17.4 Å². The van der Waals surface area contributed by atoms with Crippen LogP contribution >= 0.6 is 22.9 Å². The molecule has 0 aliphatic rings. The normalized spacial score (nSPS) is 12.8. The molecule has 1 heterocycles. The molecule has 1 aromatic heterocycles. The lowest BCUT2D eigenvalue weighted by molar-refractivity contribution is 0.642. The van der Waals surface area contributed by atoms with Crippen molar-refractivity contribution < 1.29 is 0 Å². The molecule has 102 valence electrons. The molecule has 2 aromatic carbocycles. The first-order valence-electron chi connectivity index (χ1n) is 6.39. The van der Waals surface area contributed by atoms with E-state index in [1.54, 1.807) is 11.3 Å². The number of nitrogens with one attached hydrogen (secondary N) is 1. The van der Waals surface area contributed by atoms with E-state index in [-0.39, 0.29) is 6.04 Å². The van der Waals surface area contributed by atoms with Crippen molar-refractivity contribution in [3.8, 4) is 0 Å². The van der Waals surface area contributed by atoms with Crippen molar-refractivity contribution >= 4 is 33.0 Å². The molecule has 4 heteroatoms. The van der Waals surface area contributed by atoms with Crippen molar-refractivity contribution in [2.24, 2.45) is 5.84 Å². The van der Waals surface area contributed by atoms with Crippen LogP contribution in [0.15, 0.2) is 47.8 Å². The maximum atomic E-state index is 6.23. The Kier molecular flexibility index (Phi) is 3.76. The van der Waals surface area contributed by atoms with Crippen LogP contribution in [0.1, 0.15) is 22.7 Å². The summed E-state index contributed by atoms with van der Waals surface area (Å²) in [7, 11) is 0. The maximum Gasteiger partial charge on any atom is 0.0724 e. The summed E-state index contributed by atoms with van der Waals surface area (Å²) in [5.74, 6) is 5.79. The summed E-state index contributed by atoms with van der Waals surface area (Å²) in [6.07, 6.45) is 0. The zero-order valence-electron chi connectivity index (χ0n) is 11.1. The van der Waals surface area contributed by atoms with E-state index < -0.39 is 0 Å². The molecule has 0 saturated carbocycles. The van der Waals surface area contributed by atoms with Crippen LogP contribution < -0.4 is 11.3 Å². The SMILES string of the molecule is Cc1ccc(C(NN)c2csc3ccccc23)cc1Cl. The molecule has 0 bridgehead atoms. The average molecular weight is 303 g/mol. The van der Waals surface area contributed by atoms with Gasteiger partial charge in [-0.1, -0.05) is 41.9 Å². The number of rotatable bonds is 3. The van der Waals surface area contributed by atoms with Crippen molar-refractivity contribution in [3.05, 3.63) is 69.6 Å². The van der Waals surface area contributed by atoms with Gasteiger partial charge >= 0.3 is 0 Å². The van der Waals surface area contributed by atoms with E-state index in [1.165, 1.54) is 15.6 Å². The fourth-order valence-corrected chi connectivity index (χ4v) is 3.55. The predicted molar refractivity (Wildman–Crippen MR) is 87.2 cm³/mol. The molecule has 0 spiro atoms. The van der Waals surface area contributed by atoms with Gasteiger partial charge in [0.15, 0.2) is 0 Å². The molecule has 1 unspecified atom stereocenters. The van der Waals surface area contributed by atoms with Crippen LogP contribution in [-0.4, -0.2) is 0 Å². The number of nitrogens with two attached hydrogens (primary N) is 1. The molecular formula is C16H15ClN2S. The van der Waals surface area contributed by atoms with Crippen LogP contribution in [0.3, 0.4) is 0 Å². The molecule has 0 aliphatic heterocycles. The highest BCUT2D eigenvalue weighted by molar-refractivity contribution is 7.17. The van der Waals surface area contributed by atoms with Gasteiger partial charge in [-0.05, 0) is 46.5 Å². The Morgan fingerprint density at radius 1 is 1.20 bits per heavy atom. The molecule has 0 aliphatic carbocycles. The molecule has 0 radical (unpaired) electrons. The molecule has 20 heavy (non-hydrogen) atoms. The smallest absolute Gasteiger partial charge is 0.0724 e. The lowest BCUT2D eigenvalue weighted by atomic mass is 9.98. The van der Waals surface area contributed by atoms with Crippen molar-refractivity contribution in [2.75, 3.05) is 0 Å². The van der Waals surface area contributed by atoms with Crippen LogP contribution in [0.5, 0.6) is 0 Å². The second-order valence-electron chi connectivity index (χ2n) is 4.80. The molecule has 0 fully saturated rings. The van der Waals surface area contributed by atoms with Crippen LogP contribution in [0.25, 0.3) is 10.1 Å². The van der Waals surface area contributed by atoms with Gasteiger partial charge in [-0.25, -0.2) is 5.43 Å². The summed E-state index contributed by atoms with van der Waals surface area (Å²) in [6.45, 7) is 2.00. The van der Waals surface area contributed by atoms with E-state index in [9.17, 15) is 0 Å². The Morgan fingerprint density at radius 3 is 2.75 bits per heavy atom. The maximum absolute atomic E-state index is 6.23. The van der Waals surface area contributed by atoms with Crippen LogP contribution in [-0.2, 0) is 0 Å². The second kappa shape index (κ2) is 5.54. The molecule has 1 atom stereocenters. The van der Waals surface area contributed by atoms with Crippen LogP contribution in [0, 0.1) is 6.92 Å². The predicted octanol–water partition coefficient (Wildman–Crippen LogP) is 4.42. The summed E-state index contributed by atoms with van der Waals surface area (Å²) in [5.41, 5.74) is 6.24. The zero-order valence-corrected chi connectivity index (χ0v) is 12.6. The fourth-order valence-electron chi connectivity index (χ4n) is 2.38. The second-order valence-corrected chi connectivity index (χ2v) is 6.11. The minimum atomic E-state index is -0.0516.